The molecule has 0 saturated carbocycles. The van der Waals surface area contributed by atoms with Crippen molar-refractivity contribution in [3.8, 4) is 22.5 Å². The number of nitrogens with one attached hydrogen (secondary N) is 1. The predicted octanol–water partition coefficient (Wildman–Crippen LogP) is 5.46. The highest BCUT2D eigenvalue weighted by molar-refractivity contribution is 5.77. The Hall–Kier alpha value is -4.28. The lowest BCUT2D eigenvalue weighted by atomic mass is 10.0. The van der Waals surface area contributed by atoms with Gasteiger partial charge in [0.2, 0.25) is 12.7 Å². The molecule has 2 aromatic carbocycles. The Morgan fingerprint density at radius 3 is 2.43 bits per heavy atom. The Labute approximate surface area is 193 Å². The summed E-state index contributed by atoms with van der Waals surface area (Å²) in [5.74, 6) is -2.85. The Morgan fingerprint density at radius 1 is 0.886 bits per heavy atom. The van der Waals surface area contributed by atoms with Crippen LogP contribution in [0.3, 0.4) is 0 Å². The number of aromatic nitrogens is 5. The maximum Gasteiger partial charge on any atom is 0.416 e. The summed E-state index contributed by atoms with van der Waals surface area (Å²) in [7, 11) is 0. The number of halogens is 6. The van der Waals surface area contributed by atoms with E-state index in [4.69, 9.17) is 0 Å². The van der Waals surface area contributed by atoms with Crippen molar-refractivity contribution in [1.29, 1.82) is 0 Å². The van der Waals surface area contributed by atoms with E-state index in [9.17, 15) is 26.3 Å². The quantitative estimate of drug-likeness (QED) is 0.271. The first-order valence-electron chi connectivity index (χ1n) is 10.2. The zero-order chi connectivity index (χ0) is 24.7. The molecule has 0 aliphatic rings. The smallest absolute Gasteiger partial charge is 0.333 e. The normalized spacial score (nSPS) is 11.8. The van der Waals surface area contributed by atoms with E-state index in [1.165, 1.54) is 29.2 Å². The van der Waals surface area contributed by atoms with E-state index in [1.807, 2.05) is 0 Å². The molecule has 0 aliphatic carbocycles. The number of imidazole rings is 1. The Kier molecular flexibility index (Phi) is 5.46. The third-order valence-electron chi connectivity index (χ3n) is 5.33. The second-order valence-corrected chi connectivity index (χ2v) is 7.69. The standard InChI is InChI=1S/C24H13F6N5/c25-18-3-1-2-17(22(18)27)23-33-20-10-32-35(12-21(20)34-23)11-15-6-4-13(9-31-15)16-7-5-14(8-19(16)26)24(28,29)30/h1-10,12H,11H2/p+1. The van der Waals surface area contributed by atoms with Crippen LogP contribution in [0.4, 0.5) is 26.3 Å². The van der Waals surface area contributed by atoms with Crippen LogP contribution in [0.1, 0.15) is 11.3 Å². The fraction of sp³-hybridized carbons (Fsp3) is 0.0833. The molecular formula is C24H14F6N5+. The Balaban J connectivity index is 1.37. The van der Waals surface area contributed by atoms with Gasteiger partial charge >= 0.3 is 6.18 Å². The molecule has 0 spiro atoms. The molecule has 35 heavy (non-hydrogen) atoms. The van der Waals surface area contributed by atoms with Crippen LogP contribution >= 0.6 is 0 Å². The average molecular weight is 486 g/mol. The largest absolute Gasteiger partial charge is 0.416 e. The second kappa shape index (κ2) is 8.49. The van der Waals surface area contributed by atoms with Gasteiger partial charge in [-0.05, 0) is 35.4 Å². The van der Waals surface area contributed by atoms with Crippen LogP contribution in [0.25, 0.3) is 33.5 Å². The number of hydrogen-bond donors (Lipinski definition) is 1. The molecule has 0 saturated heterocycles. The van der Waals surface area contributed by atoms with Crippen molar-refractivity contribution < 1.29 is 31.0 Å². The summed E-state index contributed by atoms with van der Waals surface area (Å²) in [5.41, 5.74) is 0.767. The van der Waals surface area contributed by atoms with E-state index in [0.717, 1.165) is 18.2 Å². The fourth-order valence-electron chi connectivity index (χ4n) is 3.58. The molecule has 0 aliphatic heterocycles. The Morgan fingerprint density at radius 2 is 1.71 bits per heavy atom. The zero-order valence-corrected chi connectivity index (χ0v) is 17.6. The van der Waals surface area contributed by atoms with Gasteiger partial charge in [-0.3, -0.25) is 4.98 Å². The molecular weight excluding hydrogens is 472 g/mol. The van der Waals surface area contributed by atoms with Crippen molar-refractivity contribution in [2.45, 2.75) is 12.7 Å². The highest BCUT2D eigenvalue weighted by atomic mass is 19.4. The molecule has 0 bridgehead atoms. The molecule has 5 rings (SSSR count). The van der Waals surface area contributed by atoms with E-state index < -0.39 is 29.2 Å². The van der Waals surface area contributed by atoms with Gasteiger partial charge in [-0.25, -0.2) is 18.2 Å². The highest BCUT2D eigenvalue weighted by Crippen LogP contribution is 2.32. The minimum absolute atomic E-state index is 0.00109. The monoisotopic (exact) mass is 486 g/mol. The second-order valence-electron chi connectivity index (χ2n) is 7.69. The van der Waals surface area contributed by atoms with Crippen molar-refractivity contribution >= 4 is 11.0 Å². The van der Waals surface area contributed by atoms with Gasteiger partial charge < -0.3 is 4.98 Å². The van der Waals surface area contributed by atoms with Gasteiger partial charge in [-0.2, -0.15) is 13.2 Å². The van der Waals surface area contributed by atoms with Crippen LogP contribution in [0.15, 0.2) is 67.1 Å². The molecule has 1 N–H and O–H groups in total. The van der Waals surface area contributed by atoms with Crippen molar-refractivity contribution in [1.82, 2.24) is 20.1 Å². The third kappa shape index (κ3) is 4.44. The minimum Gasteiger partial charge on any atom is -0.333 e. The average Bonchev–Trinajstić information content (AvgIpc) is 3.24. The van der Waals surface area contributed by atoms with Crippen LogP contribution in [-0.4, -0.2) is 20.1 Å². The van der Waals surface area contributed by atoms with Gasteiger partial charge in [0.05, 0.1) is 11.1 Å². The van der Waals surface area contributed by atoms with E-state index in [1.54, 1.807) is 18.3 Å². The molecule has 3 aromatic heterocycles. The number of H-pyrrole nitrogens is 1. The van der Waals surface area contributed by atoms with Crippen LogP contribution in [-0.2, 0) is 12.7 Å². The summed E-state index contributed by atoms with van der Waals surface area (Å²) in [6.45, 7) is 0.217. The van der Waals surface area contributed by atoms with Gasteiger partial charge in [0.25, 0.3) is 0 Å². The molecule has 176 valence electrons. The van der Waals surface area contributed by atoms with Crippen LogP contribution in [0.5, 0.6) is 0 Å². The summed E-state index contributed by atoms with van der Waals surface area (Å²) < 4.78 is 81.7. The maximum atomic E-state index is 14.2. The van der Waals surface area contributed by atoms with Crippen molar-refractivity contribution in [3.05, 3.63) is 95.8 Å². The molecule has 0 fully saturated rings. The number of nitrogens with zero attached hydrogens (tertiary/aromatic N) is 4. The molecule has 0 radical (unpaired) electrons. The number of rotatable bonds is 4. The van der Waals surface area contributed by atoms with Gasteiger partial charge in [0, 0.05) is 17.3 Å². The van der Waals surface area contributed by atoms with Crippen molar-refractivity contribution in [2.75, 3.05) is 0 Å². The van der Waals surface area contributed by atoms with Crippen LogP contribution in [0.2, 0.25) is 0 Å². The molecule has 5 aromatic rings. The number of fused-ring (bicyclic) bond motifs is 1. The number of aromatic amines is 1. The molecule has 11 heteroatoms. The lowest BCUT2D eigenvalue weighted by Crippen LogP contribution is -2.38. The summed E-state index contributed by atoms with van der Waals surface area (Å²) in [6, 6.07) is 9.29. The zero-order valence-electron chi connectivity index (χ0n) is 17.6. The van der Waals surface area contributed by atoms with Gasteiger partial charge in [0.15, 0.2) is 11.6 Å². The number of alkyl halides is 3. The highest BCUT2D eigenvalue weighted by Gasteiger charge is 2.31. The first-order chi connectivity index (χ1) is 16.7. The third-order valence-corrected chi connectivity index (χ3v) is 5.33. The van der Waals surface area contributed by atoms with Crippen molar-refractivity contribution in [3.63, 3.8) is 0 Å². The first-order valence-corrected chi connectivity index (χ1v) is 10.2. The molecule has 0 atom stereocenters. The molecule has 5 nitrogen and oxygen atoms in total. The van der Waals surface area contributed by atoms with Crippen LogP contribution in [0, 0.1) is 17.5 Å². The molecule has 0 amide bonds. The fourth-order valence-corrected chi connectivity index (χ4v) is 3.58. The lowest BCUT2D eigenvalue weighted by molar-refractivity contribution is -0.745. The first kappa shape index (κ1) is 22.5. The topological polar surface area (TPSA) is 58.3 Å². The van der Waals surface area contributed by atoms with Crippen LogP contribution < -0.4 is 4.68 Å². The van der Waals surface area contributed by atoms with Gasteiger partial charge in [-0.15, -0.1) is 0 Å². The van der Waals surface area contributed by atoms with E-state index in [0.29, 0.717) is 28.4 Å². The summed E-state index contributed by atoms with van der Waals surface area (Å²) >= 11 is 0. The van der Waals surface area contributed by atoms with E-state index in [-0.39, 0.29) is 23.5 Å². The maximum absolute atomic E-state index is 14.2. The summed E-state index contributed by atoms with van der Waals surface area (Å²) in [6.07, 6.45) is -0.193. The Bertz CT molecular complexity index is 1540. The summed E-state index contributed by atoms with van der Waals surface area (Å²) in [4.78, 5) is 11.4. The predicted molar refractivity (Wildman–Crippen MR) is 113 cm³/mol. The molecule has 3 heterocycles. The number of pyridine rings is 1. The van der Waals surface area contributed by atoms with Gasteiger partial charge in [0.1, 0.15) is 34.6 Å². The number of benzene rings is 2. The van der Waals surface area contributed by atoms with E-state index in [2.05, 4.69) is 20.1 Å². The summed E-state index contributed by atoms with van der Waals surface area (Å²) in [5, 5.41) is 4.24. The minimum atomic E-state index is -4.63. The van der Waals surface area contributed by atoms with Gasteiger partial charge in [-0.1, -0.05) is 22.9 Å². The number of hydrogen-bond acceptors (Lipinski definition) is 3. The SMILES string of the molecule is Fc1cc(C(F)(F)F)ccc1-c1ccc(C[n+]2cc3[nH]c(-c4cccc(F)c4F)nc3cn2)nc1. The van der Waals surface area contributed by atoms with Crippen molar-refractivity contribution in [2.24, 2.45) is 0 Å². The lowest BCUT2D eigenvalue weighted by Gasteiger charge is -2.09. The van der Waals surface area contributed by atoms with E-state index >= 15 is 0 Å². The molecule has 0 unspecified atom stereocenters.